The van der Waals surface area contributed by atoms with Crippen molar-refractivity contribution in [2.24, 2.45) is 5.92 Å². The van der Waals surface area contributed by atoms with E-state index in [1.807, 2.05) is 0 Å². The molecule has 0 saturated heterocycles. The van der Waals surface area contributed by atoms with E-state index in [1.165, 1.54) is 6.07 Å². The molecule has 0 heterocycles. The summed E-state index contributed by atoms with van der Waals surface area (Å²) >= 11 is 0. The summed E-state index contributed by atoms with van der Waals surface area (Å²) in [5.41, 5.74) is -0.730. The Morgan fingerprint density at radius 3 is 2.83 bits per heavy atom. The van der Waals surface area contributed by atoms with Crippen molar-refractivity contribution in [2.75, 3.05) is 13.2 Å². The van der Waals surface area contributed by atoms with Gasteiger partial charge in [0, 0.05) is 24.8 Å². The summed E-state index contributed by atoms with van der Waals surface area (Å²) in [6.07, 6.45) is 0. The fourth-order valence-corrected chi connectivity index (χ4v) is 1.23. The van der Waals surface area contributed by atoms with Crippen LogP contribution in [0.5, 0.6) is 0 Å². The first-order valence-electron chi connectivity index (χ1n) is 5.28. The van der Waals surface area contributed by atoms with Crippen molar-refractivity contribution >= 4 is 11.6 Å². The van der Waals surface area contributed by atoms with Gasteiger partial charge >= 0.3 is 5.69 Å². The molecule has 7 heteroatoms. The van der Waals surface area contributed by atoms with Gasteiger partial charge in [0.05, 0.1) is 4.92 Å². The molecule has 0 spiro atoms. The van der Waals surface area contributed by atoms with Gasteiger partial charge in [-0.2, -0.15) is 4.39 Å². The monoisotopic (exact) mass is 256 g/mol. The van der Waals surface area contributed by atoms with Gasteiger partial charge < -0.3 is 10.4 Å². The van der Waals surface area contributed by atoms with Crippen LogP contribution in [0, 0.1) is 21.8 Å². The molecule has 1 unspecified atom stereocenters. The van der Waals surface area contributed by atoms with Gasteiger partial charge in [-0.15, -0.1) is 0 Å². The van der Waals surface area contributed by atoms with Crippen LogP contribution in [-0.4, -0.2) is 29.1 Å². The Morgan fingerprint density at radius 2 is 2.28 bits per heavy atom. The maximum Gasteiger partial charge on any atom is 0.305 e. The lowest BCUT2D eigenvalue weighted by atomic mass is 10.1. The Bertz CT molecular complexity index is 464. The van der Waals surface area contributed by atoms with Crippen LogP contribution >= 0.6 is 0 Å². The number of aliphatic hydroxyl groups excluding tert-OH is 1. The predicted octanol–water partition coefficient (Wildman–Crippen LogP) is 1.09. The van der Waals surface area contributed by atoms with E-state index in [2.05, 4.69) is 5.32 Å². The second-order valence-electron chi connectivity index (χ2n) is 3.92. The van der Waals surface area contributed by atoms with Crippen LogP contribution in [0.1, 0.15) is 17.3 Å². The molecule has 1 rings (SSSR count). The summed E-state index contributed by atoms with van der Waals surface area (Å²) in [5.74, 6) is -1.65. The third-order valence-electron chi connectivity index (χ3n) is 2.33. The number of nitro groups is 1. The molecular formula is C11H13FN2O4. The molecule has 0 aliphatic rings. The molecule has 18 heavy (non-hydrogen) atoms. The maximum absolute atomic E-state index is 13.0. The van der Waals surface area contributed by atoms with Crippen molar-refractivity contribution in [1.82, 2.24) is 5.32 Å². The Hall–Kier alpha value is -2.02. The van der Waals surface area contributed by atoms with Crippen molar-refractivity contribution in [1.29, 1.82) is 0 Å². The molecule has 0 aromatic heterocycles. The first-order chi connectivity index (χ1) is 8.45. The van der Waals surface area contributed by atoms with Crippen molar-refractivity contribution in [3.05, 3.63) is 39.7 Å². The topological polar surface area (TPSA) is 92.5 Å². The fraction of sp³-hybridized carbons (Fsp3) is 0.364. The number of nitrogens with one attached hydrogen (secondary N) is 1. The molecule has 1 aromatic rings. The summed E-state index contributed by atoms with van der Waals surface area (Å²) in [6.45, 7) is 1.89. The number of carbonyl (C=O) groups is 1. The zero-order chi connectivity index (χ0) is 13.7. The maximum atomic E-state index is 13.0. The zero-order valence-electron chi connectivity index (χ0n) is 9.72. The quantitative estimate of drug-likeness (QED) is 0.609. The highest BCUT2D eigenvalue weighted by atomic mass is 19.1. The van der Waals surface area contributed by atoms with E-state index in [9.17, 15) is 19.3 Å². The first-order valence-corrected chi connectivity index (χ1v) is 5.28. The van der Waals surface area contributed by atoms with Crippen LogP contribution in [0.2, 0.25) is 0 Å². The summed E-state index contributed by atoms with van der Waals surface area (Å²) in [7, 11) is 0. The zero-order valence-corrected chi connectivity index (χ0v) is 9.72. The molecule has 2 N–H and O–H groups in total. The molecule has 1 aromatic carbocycles. The van der Waals surface area contributed by atoms with E-state index in [-0.39, 0.29) is 24.6 Å². The molecular weight excluding hydrogens is 243 g/mol. The fourth-order valence-electron chi connectivity index (χ4n) is 1.23. The lowest BCUT2D eigenvalue weighted by Crippen LogP contribution is -2.29. The number of nitro benzene ring substituents is 1. The first kappa shape index (κ1) is 14.0. The van der Waals surface area contributed by atoms with Crippen LogP contribution in [0.4, 0.5) is 10.1 Å². The van der Waals surface area contributed by atoms with Crippen molar-refractivity contribution < 1.29 is 19.2 Å². The molecule has 0 saturated carbocycles. The minimum absolute atomic E-state index is 0.00763. The normalized spacial score (nSPS) is 11.9. The standard InChI is InChI=1S/C11H13FN2O4/c1-7(6-15)5-13-11(16)8-2-3-9(12)10(4-8)14(17)18/h2-4,7,15H,5-6H2,1H3,(H,13,16). The number of benzene rings is 1. The number of nitrogens with zero attached hydrogens (tertiary/aromatic N) is 1. The average Bonchev–Trinajstić information content (AvgIpc) is 2.35. The number of rotatable bonds is 5. The molecule has 1 atom stereocenters. The second-order valence-corrected chi connectivity index (χ2v) is 3.92. The van der Waals surface area contributed by atoms with E-state index >= 15 is 0 Å². The third-order valence-corrected chi connectivity index (χ3v) is 2.33. The summed E-state index contributed by atoms with van der Waals surface area (Å²) in [4.78, 5) is 21.2. The molecule has 0 radical (unpaired) electrons. The lowest BCUT2D eigenvalue weighted by Gasteiger charge is -2.09. The summed E-state index contributed by atoms with van der Waals surface area (Å²) < 4.78 is 13.0. The van der Waals surface area contributed by atoms with Crippen molar-refractivity contribution in [2.45, 2.75) is 6.92 Å². The highest BCUT2D eigenvalue weighted by Crippen LogP contribution is 2.18. The Kier molecular flexibility index (Phi) is 4.73. The lowest BCUT2D eigenvalue weighted by molar-refractivity contribution is -0.387. The van der Waals surface area contributed by atoms with Crippen LogP contribution in [0.15, 0.2) is 18.2 Å². The van der Waals surface area contributed by atoms with Crippen LogP contribution < -0.4 is 5.32 Å². The Balaban J connectivity index is 2.80. The van der Waals surface area contributed by atoms with Gasteiger partial charge in [0.1, 0.15) is 0 Å². The smallest absolute Gasteiger partial charge is 0.305 e. The van der Waals surface area contributed by atoms with Crippen LogP contribution in [0.3, 0.4) is 0 Å². The van der Waals surface area contributed by atoms with Crippen LogP contribution in [-0.2, 0) is 0 Å². The Morgan fingerprint density at radius 1 is 1.61 bits per heavy atom. The highest BCUT2D eigenvalue weighted by molar-refractivity contribution is 5.94. The molecule has 1 amide bonds. The molecule has 0 fully saturated rings. The molecule has 0 bridgehead atoms. The van der Waals surface area contributed by atoms with Gasteiger partial charge in [0.2, 0.25) is 5.82 Å². The minimum Gasteiger partial charge on any atom is -0.396 e. The third kappa shape index (κ3) is 3.49. The largest absolute Gasteiger partial charge is 0.396 e. The number of aliphatic hydroxyl groups is 1. The van der Waals surface area contributed by atoms with Gasteiger partial charge in [0.25, 0.3) is 5.91 Å². The van der Waals surface area contributed by atoms with Crippen LogP contribution in [0.25, 0.3) is 0 Å². The summed E-state index contributed by atoms with van der Waals surface area (Å²) in [5, 5.41) is 21.8. The molecule has 98 valence electrons. The van der Waals surface area contributed by atoms with E-state index in [1.54, 1.807) is 6.92 Å². The molecule has 6 nitrogen and oxygen atoms in total. The van der Waals surface area contributed by atoms with Gasteiger partial charge in [-0.05, 0) is 18.1 Å². The second kappa shape index (κ2) is 6.06. The number of halogens is 1. The number of amides is 1. The van der Waals surface area contributed by atoms with Gasteiger partial charge in [-0.3, -0.25) is 14.9 Å². The van der Waals surface area contributed by atoms with E-state index in [0.717, 1.165) is 12.1 Å². The van der Waals surface area contributed by atoms with E-state index in [0.29, 0.717) is 0 Å². The van der Waals surface area contributed by atoms with Gasteiger partial charge in [-0.1, -0.05) is 6.92 Å². The minimum atomic E-state index is -0.986. The number of hydrogen-bond donors (Lipinski definition) is 2. The van der Waals surface area contributed by atoms with Gasteiger partial charge in [-0.25, -0.2) is 0 Å². The van der Waals surface area contributed by atoms with Crippen molar-refractivity contribution in [3.63, 3.8) is 0 Å². The predicted molar refractivity (Wildman–Crippen MR) is 61.6 cm³/mol. The number of carbonyl (C=O) groups excluding carboxylic acids is 1. The van der Waals surface area contributed by atoms with Gasteiger partial charge in [0.15, 0.2) is 0 Å². The van der Waals surface area contributed by atoms with Crippen molar-refractivity contribution in [3.8, 4) is 0 Å². The molecule has 0 aliphatic heterocycles. The highest BCUT2D eigenvalue weighted by Gasteiger charge is 2.17. The molecule has 0 aliphatic carbocycles. The summed E-state index contributed by atoms with van der Waals surface area (Å²) in [6, 6.07) is 2.93. The number of hydrogen-bond acceptors (Lipinski definition) is 4. The Labute approximate surface area is 103 Å². The van der Waals surface area contributed by atoms with E-state index < -0.39 is 22.3 Å². The SMILES string of the molecule is CC(CO)CNC(=O)c1ccc(F)c([N+](=O)[O-])c1. The van der Waals surface area contributed by atoms with E-state index in [4.69, 9.17) is 5.11 Å². The average molecular weight is 256 g/mol.